The lowest BCUT2D eigenvalue weighted by Gasteiger charge is -2.29. The highest BCUT2D eigenvalue weighted by molar-refractivity contribution is 5.99. The van der Waals surface area contributed by atoms with Crippen molar-refractivity contribution in [3.05, 3.63) is 54.1 Å². The largest absolute Gasteiger partial charge is 0.497 e. The van der Waals surface area contributed by atoms with Crippen molar-refractivity contribution in [2.24, 2.45) is 0 Å². The third kappa shape index (κ3) is 4.09. The molecule has 1 aromatic heterocycles. The summed E-state index contributed by atoms with van der Waals surface area (Å²) in [5, 5.41) is 10.5. The Hall–Kier alpha value is -3.12. The van der Waals surface area contributed by atoms with E-state index in [4.69, 9.17) is 14.5 Å². The van der Waals surface area contributed by atoms with E-state index in [1.54, 1.807) is 12.0 Å². The standard InChI is InChI=1S/C24H26N2O4/c1-3-30-23-15-22(16-5-4-6-19(13-16)29-2)25-21-8-7-17(14-20(21)23)24(28)26-11-9-18(27)10-12-26/h4-8,13-15,18,27H,3,9-12H2,1-2H3. The molecule has 3 aromatic rings. The van der Waals surface area contributed by atoms with Crippen molar-refractivity contribution in [1.82, 2.24) is 9.88 Å². The number of aromatic nitrogens is 1. The first-order valence-corrected chi connectivity index (χ1v) is 10.3. The van der Waals surface area contributed by atoms with Crippen LogP contribution in [0.1, 0.15) is 30.1 Å². The van der Waals surface area contributed by atoms with Gasteiger partial charge in [-0.05, 0) is 50.1 Å². The van der Waals surface area contributed by atoms with E-state index in [1.807, 2.05) is 55.5 Å². The molecule has 6 nitrogen and oxygen atoms in total. The van der Waals surface area contributed by atoms with Gasteiger partial charge in [-0.1, -0.05) is 12.1 Å². The minimum absolute atomic E-state index is 0.0249. The predicted molar refractivity (Wildman–Crippen MR) is 116 cm³/mol. The molecule has 1 amide bonds. The highest BCUT2D eigenvalue weighted by atomic mass is 16.5. The first kappa shape index (κ1) is 20.2. The van der Waals surface area contributed by atoms with Gasteiger partial charge >= 0.3 is 0 Å². The number of ether oxygens (including phenoxy) is 2. The van der Waals surface area contributed by atoms with E-state index >= 15 is 0 Å². The molecule has 156 valence electrons. The number of rotatable bonds is 5. The van der Waals surface area contributed by atoms with Gasteiger partial charge in [0.1, 0.15) is 11.5 Å². The van der Waals surface area contributed by atoms with Crippen LogP contribution in [0.3, 0.4) is 0 Å². The number of hydrogen-bond acceptors (Lipinski definition) is 5. The number of aliphatic hydroxyl groups excluding tert-OH is 1. The monoisotopic (exact) mass is 406 g/mol. The summed E-state index contributed by atoms with van der Waals surface area (Å²) in [5.74, 6) is 1.44. The quantitative estimate of drug-likeness (QED) is 0.696. The lowest BCUT2D eigenvalue weighted by atomic mass is 10.0. The predicted octanol–water partition coefficient (Wildman–Crippen LogP) is 3.91. The number of pyridine rings is 1. The Balaban J connectivity index is 1.72. The summed E-state index contributed by atoms with van der Waals surface area (Å²) in [6.07, 6.45) is 0.929. The average molecular weight is 406 g/mol. The molecule has 30 heavy (non-hydrogen) atoms. The number of likely N-dealkylation sites (tertiary alicyclic amines) is 1. The number of methoxy groups -OCH3 is 1. The molecule has 0 spiro atoms. The van der Waals surface area contributed by atoms with Crippen LogP contribution in [-0.2, 0) is 0 Å². The fraction of sp³-hybridized carbons (Fsp3) is 0.333. The van der Waals surface area contributed by atoms with E-state index in [0.29, 0.717) is 43.9 Å². The highest BCUT2D eigenvalue weighted by Gasteiger charge is 2.23. The van der Waals surface area contributed by atoms with Gasteiger partial charge in [0.25, 0.3) is 5.91 Å². The molecule has 0 bridgehead atoms. The SMILES string of the molecule is CCOc1cc(-c2cccc(OC)c2)nc2ccc(C(=O)N3CCC(O)CC3)cc12. The second-order valence-corrected chi connectivity index (χ2v) is 7.43. The summed E-state index contributed by atoms with van der Waals surface area (Å²) in [7, 11) is 1.64. The van der Waals surface area contributed by atoms with Crippen molar-refractivity contribution in [2.45, 2.75) is 25.9 Å². The number of piperidine rings is 1. The number of carbonyl (C=O) groups excluding carboxylic acids is 1. The minimum Gasteiger partial charge on any atom is -0.497 e. The lowest BCUT2D eigenvalue weighted by Crippen LogP contribution is -2.40. The fourth-order valence-corrected chi connectivity index (χ4v) is 3.78. The molecule has 6 heteroatoms. The molecule has 1 fully saturated rings. The van der Waals surface area contributed by atoms with E-state index in [0.717, 1.165) is 27.9 Å². The van der Waals surface area contributed by atoms with Gasteiger partial charge in [-0.3, -0.25) is 4.79 Å². The maximum Gasteiger partial charge on any atom is 0.253 e. The number of benzene rings is 2. The van der Waals surface area contributed by atoms with Crippen LogP contribution in [0.2, 0.25) is 0 Å². The van der Waals surface area contributed by atoms with Crippen LogP contribution in [0, 0.1) is 0 Å². The Morgan fingerprint density at radius 2 is 1.97 bits per heavy atom. The van der Waals surface area contributed by atoms with Crippen LogP contribution in [0.25, 0.3) is 22.2 Å². The van der Waals surface area contributed by atoms with Crippen molar-refractivity contribution in [2.75, 3.05) is 26.8 Å². The molecule has 0 aliphatic carbocycles. The van der Waals surface area contributed by atoms with E-state index in [2.05, 4.69) is 0 Å². The number of hydrogen-bond donors (Lipinski definition) is 1. The molecule has 1 aliphatic rings. The van der Waals surface area contributed by atoms with Crippen molar-refractivity contribution < 1.29 is 19.4 Å². The Morgan fingerprint density at radius 1 is 1.17 bits per heavy atom. The molecular weight excluding hydrogens is 380 g/mol. The van der Waals surface area contributed by atoms with Gasteiger partial charge < -0.3 is 19.5 Å². The molecule has 2 aromatic carbocycles. The molecule has 0 radical (unpaired) electrons. The summed E-state index contributed by atoms with van der Waals surface area (Å²) < 4.78 is 11.2. The Bertz CT molecular complexity index is 1060. The highest BCUT2D eigenvalue weighted by Crippen LogP contribution is 2.32. The Kier molecular flexibility index (Phi) is 5.86. The number of nitrogens with zero attached hydrogens (tertiary/aromatic N) is 2. The van der Waals surface area contributed by atoms with E-state index in [9.17, 15) is 9.90 Å². The van der Waals surface area contributed by atoms with Crippen LogP contribution >= 0.6 is 0 Å². The maximum absolute atomic E-state index is 12.9. The number of fused-ring (bicyclic) bond motifs is 1. The molecule has 1 saturated heterocycles. The first-order valence-electron chi connectivity index (χ1n) is 10.3. The number of aliphatic hydroxyl groups is 1. The lowest BCUT2D eigenvalue weighted by molar-refractivity contribution is 0.0546. The normalized spacial score (nSPS) is 14.7. The molecule has 0 unspecified atom stereocenters. The molecular formula is C24H26N2O4. The van der Waals surface area contributed by atoms with Gasteiger partial charge in [0.15, 0.2) is 0 Å². The Labute approximate surface area is 176 Å². The summed E-state index contributed by atoms with van der Waals surface area (Å²) in [4.78, 5) is 19.5. The van der Waals surface area contributed by atoms with Gasteiger partial charge in [0, 0.05) is 35.7 Å². The van der Waals surface area contributed by atoms with Crippen molar-refractivity contribution in [3.63, 3.8) is 0 Å². The second-order valence-electron chi connectivity index (χ2n) is 7.43. The number of carbonyl (C=O) groups is 1. The van der Waals surface area contributed by atoms with Crippen LogP contribution in [-0.4, -0.2) is 53.8 Å². The molecule has 4 rings (SSSR count). The zero-order valence-corrected chi connectivity index (χ0v) is 17.3. The van der Waals surface area contributed by atoms with Crippen molar-refractivity contribution in [1.29, 1.82) is 0 Å². The van der Waals surface area contributed by atoms with Crippen molar-refractivity contribution >= 4 is 16.8 Å². The van der Waals surface area contributed by atoms with Crippen LogP contribution in [0.5, 0.6) is 11.5 Å². The summed E-state index contributed by atoms with van der Waals surface area (Å²) in [6, 6.07) is 15.2. The van der Waals surface area contributed by atoms with E-state index in [-0.39, 0.29) is 12.0 Å². The topological polar surface area (TPSA) is 71.9 Å². The van der Waals surface area contributed by atoms with E-state index in [1.165, 1.54) is 0 Å². The maximum atomic E-state index is 12.9. The van der Waals surface area contributed by atoms with Crippen LogP contribution in [0.4, 0.5) is 0 Å². The van der Waals surface area contributed by atoms with Gasteiger partial charge in [-0.25, -0.2) is 4.98 Å². The molecule has 1 N–H and O–H groups in total. The summed E-state index contributed by atoms with van der Waals surface area (Å²) >= 11 is 0. The number of amides is 1. The average Bonchev–Trinajstić information content (AvgIpc) is 2.79. The minimum atomic E-state index is -0.311. The third-order valence-electron chi connectivity index (χ3n) is 5.43. The fourth-order valence-electron chi connectivity index (χ4n) is 3.78. The zero-order valence-electron chi connectivity index (χ0n) is 17.3. The first-order chi connectivity index (χ1) is 14.6. The third-order valence-corrected chi connectivity index (χ3v) is 5.43. The van der Waals surface area contributed by atoms with Crippen LogP contribution < -0.4 is 9.47 Å². The van der Waals surface area contributed by atoms with Gasteiger partial charge in [-0.2, -0.15) is 0 Å². The van der Waals surface area contributed by atoms with Gasteiger partial charge in [0.2, 0.25) is 0 Å². The Morgan fingerprint density at radius 3 is 2.70 bits per heavy atom. The zero-order chi connectivity index (χ0) is 21.1. The summed E-state index contributed by atoms with van der Waals surface area (Å²) in [5.41, 5.74) is 3.10. The molecule has 0 atom stereocenters. The molecule has 2 heterocycles. The van der Waals surface area contributed by atoms with Gasteiger partial charge in [0.05, 0.1) is 31.0 Å². The second kappa shape index (κ2) is 8.71. The summed E-state index contributed by atoms with van der Waals surface area (Å²) in [6.45, 7) is 3.59. The van der Waals surface area contributed by atoms with E-state index < -0.39 is 0 Å². The molecule has 1 aliphatic heterocycles. The van der Waals surface area contributed by atoms with Gasteiger partial charge in [-0.15, -0.1) is 0 Å². The smallest absolute Gasteiger partial charge is 0.253 e. The van der Waals surface area contributed by atoms with Crippen molar-refractivity contribution in [3.8, 4) is 22.8 Å². The molecule has 0 saturated carbocycles. The van der Waals surface area contributed by atoms with Crippen LogP contribution in [0.15, 0.2) is 48.5 Å².